The summed E-state index contributed by atoms with van der Waals surface area (Å²) < 4.78 is 5.68. The molecule has 1 unspecified atom stereocenters. The maximum Gasteiger partial charge on any atom is 0.253 e. The van der Waals surface area contributed by atoms with Crippen LogP contribution >= 0.6 is 0 Å². The average Bonchev–Trinajstić information content (AvgIpc) is 2.83. The predicted octanol–water partition coefficient (Wildman–Crippen LogP) is 2.34. The third kappa shape index (κ3) is 3.26. The molecule has 1 fully saturated rings. The summed E-state index contributed by atoms with van der Waals surface area (Å²) in [6.07, 6.45) is 2.07. The van der Waals surface area contributed by atoms with E-state index in [0.717, 1.165) is 30.7 Å². The molecule has 1 aromatic carbocycles. The van der Waals surface area contributed by atoms with Crippen molar-refractivity contribution in [3.63, 3.8) is 0 Å². The Bertz CT molecular complexity index is 465. The maximum absolute atomic E-state index is 12.3. The van der Waals surface area contributed by atoms with Crippen molar-refractivity contribution in [1.29, 1.82) is 0 Å². The fourth-order valence-corrected chi connectivity index (χ4v) is 2.40. The number of carbonyl (C=O) groups excluding carboxylic acids is 1. The van der Waals surface area contributed by atoms with E-state index in [2.05, 4.69) is 17.6 Å². The Balaban J connectivity index is 2.05. The molecule has 1 aliphatic heterocycles. The minimum Gasteiger partial charge on any atom is -0.387 e. The fraction of sp³-hybridized carbons (Fsp3) is 0.533. The van der Waals surface area contributed by atoms with Crippen LogP contribution in [-0.4, -0.2) is 31.7 Å². The van der Waals surface area contributed by atoms with Gasteiger partial charge in [-0.2, -0.15) is 0 Å². The first kappa shape index (κ1) is 13.9. The molecule has 4 heteroatoms. The summed E-state index contributed by atoms with van der Waals surface area (Å²) >= 11 is 0. The standard InChI is InChI=1S/C15H22N2O2/c1-11-5-6-13(16-3)12(9-11)14(18)17-10-15(2)7-4-8-19-15/h5-6,9,16H,4,7-8,10H2,1-3H3,(H,17,18). The largest absolute Gasteiger partial charge is 0.387 e. The molecule has 2 rings (SSSR count). The number of amides is 1. The van der Waals surface area contributed by atoms with Gasteiger partial charge in [-0.25, -0.2) is 0 Å². The van der Waals surface area contributed by atoms with Crippen LogP contribution in [0.25, 0.3) is 0 Å². The minimum absolute atomic E-state index is 0.0511. The molecule has 104 valence electrons. The molecule has 1 aliphatic rings. The molecule has 0 spiro atoms. The van der Waals surface area contributed by atoms with Gasteiger partial charge in [0.25, 0.3) is 5.91 Å². The zero-order valence-electron chi connectivity index (χ0n) is 11.9. The van der Waals surface area contributed by atoms with Crippen molar-refractivity contribution in [1.82, 2.24) is 5.32 Å². The van der Waals surface area contributed by atoms with Gasteiger partial charge in [0.15, 0.2) is 0 Å². The third-order valence-corrected chi connectivity index (χ3v) is 3.61. The number of nitrogens with one attached hydrogen (secondary N) is 2. The Morgan fingerprint density at radius 1 is 1.47 bits per heavy atom. The summed E-state index contributed by atoms with van der Waals surface area (Å²) in [7, 11) is 1.82. The van der Waals surface area contributed by atoms with Gasteiger partial charge < -0.3 is 15.4 Å². The lowest BCUT2D eigenvalue weighted by Gasteiger charge is -2.23. The summed E-state index contributed by atoms with van der Waals surface area (Å²) in [5.41, 5.74) is 2.40. The molecular formula is C15H22N2O2. The van der Waals surface area contributed by atoms with Crippen molar-refractivity contribution >= 4 is 11.6 Å². The summed E-state index contributed by atoms with van der Waals surface area (Å²) in [6.45, 7) is 5.38. The van der Waals surface area contributed by atoms with Crippen LogP contribution in [0.3, 0.4) is 0 Å². The monoisotopic (exact) mass is 262 g/mol. The van der Waals surface area contributed by atoms with Crippen LogP contribution < -0.4 is 10.6 Å². The zero-order valence-corrected chi connectivity index (χ0v) is 11.9. The van der Waals surface area contributed by atoms with E-state index in [1.54, 1.807) is 0 Å². The second-order valence-electron chi connectivity index (χ2n) is 5.38. The van der Waals surface area contributed by atoms with E-state index < -0.39 is 0 Å². The number of ether oxygens (including phenoxy) is 1. The molecule has 4 nitrogen and oxygen atoms in total. The van der Waals surface area contributed by atoms with Crippen molar-refractivity contribution in [2.45, 2.75) is 32.3 Å². The Kier molecular flexibility index (Phi) is 4.10. The number of rotatable bonds is 4. The molecule has 19 heavy (non-hydrogen) atoms. The molecule has 1 atom stereocenters. The number of anilines is 1. The van der Waals surface area contributed by atoms with Crippen LogP contribution in [0.5, 0.6) is 0 Å². The fourth-order valence-electron chi connectivity index (χ4n) is 2.40. The second kappa shape index (κ2) is 5.61. The lowest BCUT2D eigenvalue weighted by atomic mass is 10.0. The lowest BCUT2D eigenvalue weighted by Crippen LogP contribution is -2.40. The smallest absolute Gasteiger partial charge is 0.253 e. The number of benzene rings is 1. The molecule has 0 aliphatic carbocycles. The van der Waals surface area contributed by atoms with Gasteiger partial charge in [-0.3, -0.25) is 4.79 Å². The van der Waals surface area contributed by atoms with Gasteiger partial charge in [0.1, 0.15) is 0 Å². The number of hydrogen-bond donors (Lipinski definition) is 2. The van der Waals surface area contributed by atoms with E-state index in [1.807, 2.05) is 32.2 Å². The highest BCUT2D eigenvalue weighted by Gasteiger charge is 2.30. The topological polar surface area (TPSA) is 50.4 Å². The lowest BCUT2D eigenvalue weighted by molar-refractivity contribution is 0.0206. The van der Waals surface area contributed by atoms with Gasteiger partial charge in [-0.05, 0) is 38.8 Å². The van der Waals surface area contributed by atoms with Crippen LogP contribution in [0.15, 0.2) is 18.2 Å². The highest BCUT2D eigenvalue weighted by atomic mass is 16.5. The van der Waals surface area contributed by atoms with Gasteiger partial charge >= 0.3 is 0 Å². The Labute approximate surface area is 114 Å². The highest BCUT2D eigenvalue weighted by molar-refractivity contribution is 5.99. The molecule has 0 bridgehead atoms. The minimum atomic E-state index is -0.209. The molecule has 1 aromatic rings. The van der Waals surface area contributed by atoms with Gasteiger partial charge in [0, 0.05) is 25.9 Å². The van der Waals surface area contributed by atoms with E-state index >= 15 is 0 Å². The summed E-state index contributed by atoms with van der Waals surface area (Å²) in [4.78, 5) is 12.3. The molecule has 0 saturated carbocycles. The predicted molar refractivity (Wildman–Crippen MR) is 76.6 cm³/mol. The maximum atomic E-state index is 12.3. The number of hydrogen-bond acceptors (Lipinski definition) is 3. The molecule has 0 aromatic heterocycles. The van der Waals surface area contributed by atoms with Crippen LogP contribution in [0.2, 0.25) is 0 Å². The first-order valence-electron chi connectivity index (χ1n) is 6.75. The van der Waals surface area contributed by atoms with Gasteiger partial charge in [-0.1, -0.05) is 11.6 Å². The van der Waals surface area contributed by atoms with Crippen molar-refractivity contribution in [3.05, 3.63) is 29.3 Å². The van der Waals surface area contributed by atoms with Gasteiger partial charge in [0.05, 0.1) is 11.2 Å². The number of carbonyl (C=O) groups is 1. The number of aryl methyl sites for hydroxylation is 1. The van der Waals surface area contributed by atoms with Crippen LogP contribution in [0.1, 0.15) is 35.7 Å². The van der Waals surface area contributed by atoms with Crippen molar-refractivity contribution in [3.8, 4) is 0 Å². The van der Waals surface area contributed by atoms with Crippen LogP contribution in [0, 0.1) is 6.92 Å². The first-order chi connectivity index (χ1) is 9.04. The van der Waals surface area contributed by atoms with Crippen molar-refractivity contribution < 1.29 is 9.53 Å². The molecule has 0 radical (unpaired) electrons. The van der Waals surface area contributed by atoms with E-state index in [9.17, 15) is 4.79 Å². The Hall–Kier alpha value is -1.55. The third-order valence-electron chi connectivity index (χ3n) is 3.61. The zero-order chi connectivity index (χ0) is 13.9. The molecule has 1 heterocycles. The normalized spacial score (nSPS) is 22.3. The van der Waals surface area contributed by atoms with Crippen molar-refractivity contribution in [2.24, 2.45) is 0 Å². The van der Waals surface area contributed by atoms with Gasteiger partial charge in [-0.15, -0.1) is 0 Å². The quantitative estimate of drug-likeness (QED) is 0.875. The second-order valence-corrected chi connectivity index (χ2v) is 5.38. The van der Waals surface area contributed by atoms with Crippen LogP contribution in [-0.2, 0) is 4.74 Å². The summed E-state index contributed by atoms with van der Waals surface area (Å²) in [5, 5.41) is 6.03. The molecule has 1 amide bonds. The summed E-state index contributed by atoms with van der Waals surface area (Å²) in [5.74, 6) is -0.0511. The molecule has 1 saturated heterocycles. The van der Waals surface area contributed by atoms with Gasteiger partial charge in [0.2, 0.25) is 0 Å². The SMILES string of the molecule is CNc1ccc(C)cc1C(=O)NCC1(C)CCCO1. The Morgan fingerprint density at radius 3 is 2.89 bits per heavy atom. The Morgan fingerprint density at radius 2 is 2.26 bits per heavy atom. The van der Waals surface area contributed by atoms with E-state index in [0.29, 0.717) is 12.1 Å². The molecular weight excluding hydrogens is 240 g/mol. The van der Waals surface area contributed by atoms with Crippen LogP contribution in [0.4, 0.5) is 5.69 Å². The first-order valence-corrected chi connectivity index (χ1v) is 6.75. The molecule has 2 N–H and O–H groups in total. The van der Waals surface area contributed by atoms with E-state index in [1.165, 1.54) is 0 Å². The van der Waals surface area contributed by atoms with E-state index in [4.69, 9.17) is 4.74 Å². The summed E-state index contributed by atoms with van der Waals surface area (Å²) in [6, 6.07) is 5.82. The van der Waals surface area contributed by atoms with Crippen molar-refractivity contribution in [2.75, 3.05) is 25.5 Å². The highest BCUT2D eigenvalue weighted by Crippen LogP contribution is 2.24. The average molecular weight is 262 g/mol. The van der Waals surface area contributed by atoms with E-state index in [-0.39, 0.29) is 11.5 Å².